The van der Waals surface area contributed by atoms with Gasteiger partial charge in [0.15, 0.2) is 0 Å². The van der Waals surface area contributed by atoms with E-state index in [4.69, 9.17) is 0 Å². The van der Waals surface area contributed by atoms with E-state index in [2.05, 4.69) is 9.71 Å². The molecule has 22 heavy (non-hydrogen) atoms. The van der Waals surface area contributed by atoms with Crippen molar-refractivity contribution in [1.29, 1.82) is 0 Å². The summed E-state index contributed by atoms with van der Waals surface area (Å²) in [5, 5.41) is 0. The average Bonchev–Trinajstić information content (AvgIpc) is 2.46. The van der Waals surface area contributed by atoms with E-state index in [1.807, 2.05) is 52.0 Å². The van der Waals surface area contributed by atoms with Crippen LogP contribution in [0.5, 0.6) is 0 Å². The van der Waals surface area contributed by atoms with Gasteiger partial charge in [0.1, 0.15) is 0 Å². The van der Waals surface area contributed by atoms with Gasteiger partial charge < -0.3 is 0 Å². The summed E-state index contributed by atoms with van der Waals surface area (Å²) in [6, 6.07) is 7.66. The molecule has 118 valence electrons. The van der Waals surface area contributed by atoms with Gasteiger partial charge >= 0.3 is 0 Å². The molecule has 0 atom stereocenters. The number of rotatable bonds is 5. The molecule has 1 heterocycles. The zero-order valence-electron chi connectivity index (χ0n) is 13.5. The Hall–Kier alpha value is -1.72. The van der Waals surface area contributed by atoms with Crippen LogP contribution in [0.3, 0.4) is 0 Å². The second-order valence-electron chi connectivity index (χ2n) is 5.56. The Morgan fingerprint density at radius 3 is 2.23 bits per heavy atom. The Bertz CT molecular complexity index is 743. The first kappa shape index (κ1) is 16.6. The summed E-state index contributed by atoms with van der Waals surface area (Å²) in [4.78, 5) is 4.61. The minimum absolute atomic E-state index is 0.339. The quantitative estimate of drug-likeness (QED) is 0.922. The Morgan fingerprint density at radius 2 is 1.68 bits per heavy atom. The Labute approximate surface area is 132 Å². The van der Waals surface area contributed by atoms with Crippen molar-refractivity contribution in [3.63, 3.8) is 0 Å². The lowest BCUT2D eigenvalue weighted by Gasteiger charge is -2.16. The molecule has 0 aliphatic carbocycles. The third kappa shape index (κ3) is 3.54. The number of aryl methyl sites for hydroxylation is 2. The van der Waals surface area contributed by atoms with Gasteiger partial charge in [0.05, 0.1) is 4.90 Å². The van der Waals surface area contributed by atoms with Crippen molar-refractivity contribution in [2.75, 3.05) is 6.54 Å². The minimum atomic E-state index is -3.51. The molecule has 2 rings (SSSR count). The predicted molar refractivity (Wildman–Crippen MR) is 88.5 cm³/mol. The third-order valence-electron chi connectivity index (χ3n) is 3.97. The van der Waals surface area contributed by atoms with E-state index in [9.17, 15) is 8.42 Å². The van der Waals surface area contributed by atoms with Gasteiger partial charge in [0.25, 0.3) is 0 Å². The fourth-order valence-electron chi connectivity index (χ4n) is 2.52. The van der Waals surface area contributed by atoms with Crippen molar-refractivity contribution in [3.05, 3.63) is 58.4 Å². The maximum absolute atomic E-state index is 12.6. The zero-order valence-corrected chi connectivity index (χ0v) is 14.3. The molecule has 0 unspecified atom stereocenters. The molecular weight excluding hydrogens is 296 g/mol. The maximum atomic E-state index is 12.6. The Kier molecular flexibility index (Phi) is 4.98. The first-order valence-electron chi connectivity index (χ1n) is 7.30. The summed E-state index contributed by atoms with van der Waals surface area (Å²) in [5.41, 5.74) is 4.49. The number of pyridine rings is 1. The zero-order chi connectivity index (χ0) is 16.3. The molecule has 1 aromatic heterocycles. The van der Waals surface area contributed by atoms with Crippen LogP contribution in [0.2, 0.25) is 0 Å². The van der Waals surface area contributed by atoms with Crippen molar-refractivity contribution in [3.8, 4) is 0 Å². The molecule has 1 aromatic carbocycles. The van der Waals surface area contributed by atoms with Gasteiger partial charge in [-0.2, -0.15) is 0 Å². The minimum Gasteiger partial charge on any atom is -0.261 e. The first-order chi connectivity index (χ1) is 10.3. The number of sulfonamides is 1. The van der Waals surface area contributed by atoms with E-state index in [-0.39, 0.29) is 0 Å². The van der Waals surface area contributed by atoms with Crippen LogP contribution in [0.1, 0.15) is 27.9 Å². The molecule has 2 aromatic rings. The van der Waals surface area contributed by atoms with Crippen molar-refractivity contribution < 1.29 is 8.42 Å². The van der Waals surface area contributed by atoms with E-state index in [0.717, 1.165) is 27.9 Å². The standard InChI is InChI=1S/C17H22N2O2S/c1-12-11-13(2)15(4)17(14(12)3)22(20,21)19-10-8-16-7-5-6-9-18-16/h5-7,9,11,19H,8,10H2,1-4H3. The van der Waals surface area contributed by atoms with E-state index in [1.54, 1.807) is 6.20 Å². The van der Waals surface area contributed by atoms with Gasteiger partial charge in [-0.25, -0.2) is 13.1 Å². The third-order valence-corrected chi connectivity index (χ3v) is 5.70. The number of benzene rings is 1. The summed E-state index contributed by atoms with van der Waals surface area (Å²) >= 11 is 0. The lowest BCUT2D eigenvalue weighted by Crippen LogP contribution is -2.28. The second-order valence-corrected chi connectivity index (χ2v) is 7.26. The van der Waals surface area contributed by atoms with Crippen LogP contribution in [0, 0.1) is 27.7 Å². The number of nitrogens with zero attached hydrogens (tertiary/aromatic N) is 1. The van der Waals surface area contributed by atoms with Crippen molar-refractivity contribution in [2.24, 2.45) is 0 Å². The first-order valence-corrected chi connectivity index (χ1v) is 8.78. The highest BCUT2D eigenvalue weighted by atomic mass is 32.2. The van der Waals surface area contributed by atoms with E-state index in [0.29, 0.717) is 17.9 Å². The lowest BCUT2D eigenvalue weighted by molar-refractivity contribution is 0.579. The second kappa shape index (κ2) is 6.58. The molecule has 5 heteroatoms. The molecule has 1 N–H and O–H groups in total. The number of aromatic nitrogens is 1. The fraction of sp³-hybridized carbons (Fsp3) is 0.353. The summed E-state index contributed by atoms with van der Waals surface area (Å²) in [6.07, 6.45) is 2.28. The molecule has 0 amide bonds. The summed E-state index contributed by atoms with van der Waals surface area (Å²) in [7, 11) is -3.51. The Balaban J connectivity index is 2.21. The summed E-state index contributed by atoms with van der Waals surface area (Å²) < 4.78 is 28.0. The molecule has 0 fully saturated rings. The molecule has 0 aliphatic heterocycles. The van der Waals surface area contributed by atoms with E-state index >= 15 is 0 Å². The average molecular weight is 318 g/mol. The van der Waals surface area contributed by atoms with Crippen molar-refractivity contribution >= 4 is 10.0 Å². The predicted octanol–water partition coefficient (Wildman–Crippen LogP) is 2.84. The van der Waals surface area contributed by atoms with Gasteiger partial charge in [-0.15, -0.1) is 0 Å². The molecule has 4 nitrogen and oxygen atoms in total. The highest BCUT2D eigenvalue weighted by Gasteiger charge is 2.21. The number of nitrogens with one attached hydrogen (secondary N) is 1. The van der Waals surface area contributed by atoms with Crippen molar-refractivity contribution in [1.82, 2.24) is 9.71 Å². The Morgan fingerprint density at radius 1 is 1.05 bits per heavy atom. The van der Waals surface area contributed by atoms with Gasteiger partial charge in [-0.3, -0.25) is 4.98 Å². The number of hydrogen-bond acceptors (Lipinski definition) is 3. The van der Waals surface area contributed by atoms with Crippen LogP contribution in [0.4, 0.5) is 0 Å². The van der Waals surface area contributed by atoms with Crippen LogP contribution in [-0.2, 0) is 16.4 Å². The highest BCUT2D eigenvalue weighted by molar-refractivity contribution is 7.89. The van der Waals surface area contributed by atoms with Gasteiger partial charge in [-0.1, -0.05) is 12.1 Å². The van der Waals surface area contributed by atoms with E-state index in [1.165, 1.54) is 0 Å². The molecule has 0 bridgehead atoms. The monoisotopic (exact) mass is 318 g/mol. The molecule has 0 saturated heterocycles. The summed E-state index contributed by atoms with van der Waals surface area (Å²) in [5.74, 6) is 0. The van der Waals surface area contributed by atoms with Crippen molar-refractivity contribution in [2.45, 2.75) is 39.0 Å². The largest absolute Gasteiger partial charge is 0.261 e. The van der Waals surface area contributed by atoms with Crippen LogP contribution < -0.4 is 4.72 Å². The molecule has 0 radical (unpaired) electrons. The topological polar surface area (TPSA) is 59.1 Å². The number of hydrogen-bond donors (Lipinski definition) is 1. The SMILES string of the molecule is Cc1cc(C)c(C)c(S(=O)(=O)NCCc2ccccn2)c1C. The van der Waals surface area contributed by atoms with Crippen LogP contribution in [0.25, 0.3) is 0 Å². The molecular formula is C17H22N2O2S. The molecule has 0 saturated carbocycles. The van der Waals surface area contributed by atoms with Crippen LogP contribution in [0.15, 0.2) is 35.4 Å². The fourth-order valence-corrected chi connectivity index (χ4v) is 4.16. The smallest absolute Gasteiger partial charge is 0.241 e. The van der Waals surface area contributed by atoms with Crippen LogP contribution >= 0.6 is 0 Å². The molecule has 0 aliphatic rings. The highest BCUT2D eigenvalue weighted by Crippen LogP contribution is 2.25. The van der Waals surface area contributed by atoms with Gasteiger partial charge in [0, 0.05) is 24.9 Å². The lowest BCUT2D eigenvalue weighted by atomic mass is 10.0. The maximum Gasteiger partial charge on any atom is 0.241 e. The van der Waals surface area contributed by atoms with Crippen LogP contribution in [-0.4, -0.2) is 19.9 Å². The van der Waals surface area contributed by atoms with Gasteiger partial charge in [0.2, 0.25) is 10.0 Å². The van der Waals surface area contributed by atoms with E-state index < -0.39 is 10.0 Å². The normalized spacial score (nSPS) is 11.6. The van der Waals surface area contributed by atoms with Gasteiger partial charge in [-0.05, 0) is 62.1 Å². The molecule has 0 spiro atoms. The summed E-state index contributed by atoms with van der Waals surface area (Å²) in [6.45, 7) is 7.93.